The molecule has 1 unspecified atom stereocenters. The van der Waals surface area contributed by atoms with Gasteiger partial charge in [0.2, 0.25) is 0 Å². The van der Waals surface area contributed by atoms with Crippen LogP contribution in [0.2, 0.25) is 0 Å². The summed E-state index contributed by atoms with van der Waals surface area (Å²) in [5.74, 6) is 1.27. The van der Waals surface area contributed by atoms with Crippen molar-refractivity contribution in [3.8, 4) is 11.8 Å². The monoisotopic (exact) mass is 468 g/mol. The first-order chi connectivity index (χ1) is 15.7. The Morgan fingerprint density at radius 3 is 2.88 bits per heavy atom. The molecule has 0 spiro atoms. The van der Waals surface area contributed by atoms with E-state index in [1.54, 1.807) is 12.1 Å². The van der Waals surface area contributed by atoms with Gasteiger partial charge in [-0.3, -0.25) is 0 Å². The standard InChI is InChI=1S/C24H28N4O4S/c1-16(2)31-23-10-7-17(13-18(23)14-25)24-15-28(27-32-24)22-6-4-5-19-20(22)8-9-21(19)26-11-12-33(3,29)30/h4-7,10,13,15-16,21,26-27H,8-9,11-12H2,1-3H3. The van der Waals surface area contributed by atoms with Crippen molar-refractivity contribution in [1.29, 1.82) is 5.26 Å². The third kappa shape index (κ3) is 5.30. The smallest absolute Gasteiger partial charge is 0.174 e. The van der Waals surface area contributed by atoms with Gasteiger partial charge >= 0.3 is 0 Å². The Kier molecular flexibility index (Phi) is 6.61. The van der Waals surface area contributed by atoms with Crippen molar-refractivity contribution in [3.05, 3.63) is 64.9 Å². The lowest BCUT2D eigenvalue weighted by Gasteiger charge is -2.19. The van der Waals surface area contributed by atoms with Crippen molar-refractivity contribution >= 4 is 21.3 Å². The normalized spacial score (nSPS) is 17.5. The van der Waals surface area contributed by atoms with Crippen LogP contribution in [0.15, 0.2) is 42.6 Å². The maximum Gasteiger partial charge on any atom is 0.174 e. The van der Waals surface area contributed by atoms with Crippen LogP contribution in [0.25, 0.3) is 5.76 Å². The summed E-state index contributed by atoms with van der Waals surface area (Å²) in [5, 5.41) is 14.7. The summed E-state index contributed by atoms with van der Waals surface area (Å²) in [6.45, 7) is 4.27. The maximum atomic E-state index is 11.4. The molecule has 174 valence electrons. The molecule has 9 heteroatoms. The average molecular weight is 469 g/mol. The summed E-state index contributed by atoms with van der Waals surface area (Å²) in [4.78, 5) is 5.72. The van der Waals surface area contributed by atoms with Crippen LogP contribution in [0, 0.1) is 11.3 Å². The van der Waals surface area contributed by atoms with Crippen molar-refractivity contribution in [1.82, 2.24) is 10.9 Å². The van der Waals surface area contributed by atoms with Crippen molar-refractivity contribution in [2.24, 2.45) is 0 Å². The van der Waals surface area contributed by atoms with E-state index in [0.717, 1.165) is 24.1 Å². The molecule has 0 bridgehead atoms. The van der Waals surface area contributed by atoms with Crippen molar-refractivity contribution in [3.63, 3.8) is 0 Å². The predicted octanol–water partition coefficient (Wildman–Crippen LogP) is 3.22. The summed E-state index contributed by atoms with van der Waals surface area (Å²) < 4.78 is 28.6. The molecule has 0 aromatic heterocycles. The fourth-order valence-electron chi connectivity index (χ4n) is 4.14. The number of hydrazine groups is 1. The Labute approximate surface area is 194 Å². The third-order valence-electron chi connectivity index (χ3n) is 5.62. The van der Waals surface area contributed by atoms with Gasteiger partial charge in [-0.25, -0.2) is 13.4 Å². The Bertz CT molecular complexity index is 1220. The molecule has 8 nitrogen and oxygen atoms in total. The summed E-state index contributed by atoms with van der Waals surface area (Å²) >= 11 is 0. The first-order valence-corrected chi connectivity index (χ1v) is 13.0. The molecule has 4 rings (SSSR count). The molecule has 0 fully saturated rings. The van der Waals surface area contributed by atoms with E-state index in [1.807, 2.05) is 43.3 Å². The minimum absolute atomic E-state index is 0.0214. The molecule has 0 amide bonds. The molecule has 0 saturated heterocycles. The number of nitrogens with zero attached hydrogens (tertiary/aromatic N) is 2. The lowest BCUT2D eigenvalue weighted by molar-refractivity contribution is 0.180. The van der Waals surface area contributed by atoms with Crippen LogP contribution in [0.4, 0.5) is 5.69 Å². The summed E-state index contributed by atoms with van der Waals surface area (Å²) in [7, 11) is -2.99. The fourth-order valence-corrected chi connectivity index (χ4v) is 4.63. The summed E-state index contributed by atoms with van der Waals surface area (Å²) in [5.41, 5.74) is 7.51. The summed E-state index contributed by atoms with van der Waals surface area (Å²) in [6.07, 6.45) is 4.88. The van der Waals surface area contributed by atoms with Gasteiger partial charge in [-0.15, -0.1) is 0 Å². The van der Waals surface area contributed by atoms with Gasteiger partial charge in [0.15, 0.2) is 5.76 Å². The van der Waals surface area contributed by atoms with Gasteiger partial charge in [-0.05, 0) is 62.1 Å². The molecule has 2 N–H and O–H groups in total. The van der Waals surface area contributed by atoms with E-state index < -0.39 is 9.84 Å². The van der Waals surface area contributed by atoms with Crippen molar-refractivity contribution < 1.29 is 18.0 Å². The zero-order valence-electron chi connectivity index (χ0n) is 19.0. The Morgan fingerprint density at radius 1 is 1.33 bits per heavy atom. The highest BCUT2D eigenvalue weighted by atomic mass is 32.2. The van der Waals surface area contributed by atoms with Crippen molar-refractivity contribution in [2.45, 2.75) is 38.8 Å². The van der Waals surface area contributed by atoms with Gasteiger partial charge < -0.3 is 14.9 Å². The van der Waals surface area contributed by atoms with Gasteiger partial charge in [-0.2, -0.15) is 5.26 Å². The second-order valence-corrected chi connectivity index (χ2v) is 10.8. The third-order valence-corrected chi connectivity index (χ3v) is 6.56. The van der Waals surface area contributed by atoms with Crippen LogP contribution >= 0.6 is 0 Å². The number of hydrogen-bond donors (Lipinski definition) is 2. The van der Waals surface area contributed by atoms with Crippen LogP contribution in [-0.4, -0.2) is 33.1 Å². The molecule has 2 aromatic carbocycles. The number of fused-ring (bicyclic) bond motifs is 1. The number of sulfone groups is 1. The quantitative estimate of drug-likeness (QED) is 0.609. The number of nitriles is 1. The molecule has 2 aliphatic rings. The second kappa shape index (κ2) is 9.43. The number of benzene rings is 2. The van der Waals surface area contributed by atoms with Crippen LogP contribution in [-0.2, 0) is 21.1 Å². The van der Waals surface area contributed by atoms with E-state index in [1.165, 1.54) is 17.4 Å². The van der Waals surface area contributed by atoms with Crippen molar-refractivity contribution in [2.75, 3.05) is 23.6 Å². The lowest BCUT2D eigenvalue weighted by atomic mass is 10.1. The topological polar surface area (TPSA) is 104 Å². The highest BCUT2D eigenvalue weighted by molar-refractivity contribution is 7.90. The van der Waals surface area contributed by atoms with E-state index >= 15 is 0 Å². The van der Waals surface area contributed by atoms with E-state index in [-0.39, 0.29) is 17.9 Å². The van der Waals surface area contributed by atoms with Gasteiger partial charge in [0, 0.05) is 24.4 Å². The number of anilines is 1. The van der Waals surface area contributed by atoms with Crippen LogP contribution in [0.5, 0.6) is 5.75 Å². The average Bonchev–Trinajstić information content (AvgIpc) is 3.40. The minimum atomic E-state index is -2.99. The number of hydrogen-bond acceptors (Lipinski definition) is 8. The SMILES string of the molecule is CC(C)Oc1ccc(C2=CN(c3cccc4c3CCC4NCCS(C)(=O)=O)NO2)cc1C#N. The number of rotatable bonds is 8. The van der Waals surface area contributed by atoms with E-state index in [4.69, 9.17) is 9.57 Å². The first kappa shape index (κ1) is 23.1. The molecule has 1 atom stereocenters. The van der Waals surface area contributed by atoms with Gasteiger partial charge in [-0.1, -0.05) is 17.7 Å². The van der Waals surface area contributed by atoms with E-state index in [2.05, 4.69) is 23.0 Å². The highest BCUT2D eigenvalue weighted by Gasteiger charge is 2.28. The largest absolute Gasteiger partial charge is 0.490 e. The second-order valence-electron chi connectivity index (χ2n) is 8.57. The molecule has 33 heavy (non-hydrogen) atoms. The molecule has 1 heterocycles. The zero-order valence-corrected chi connectivity index (χ0v) is 19.8. The van der Waals surface area contributed by atoms with Crippen LogP contribution < -0.4 is 20.7 Å². The predicted molar refractivity (Wildman–Crippen MR) is 127 cm³/mol. The molecule has 0 saturated carbocycles. The number of ether oxygens (including phenoxy) is 1. The molecule has 1 aliphatic heterocycles. The van der Waals surface area contributed by atoms with Crippen LogP contribution in [0.3, 0.4) is 0 Å². The Morgan fingerprint density at radius 2 is 2.15 bits per heavy atom. The Hall–Kier alpha value is -3.06. The van der Waals surface area contributed by atoms with Gasteiger partial charge in [0.1, 0.15) is 21.7 Å². The molecular weight excluding hydrogens is 440 g/mol. The molecule has 0 radical (unpaired) electrons. The molecular formula is C24H28N4O4S. The number of nitrogens with one attached hydrogen (secondary N) is 2. The van der Waals surface area contributed by atoms with Gasteiger partial charge in [0.05, 0.1) is 29.3 Å². The highest BCUT2D eigenvalue weighted by Crippen LogP contribution is 2.38. The maximum absolute atomic E-state index is 11.4. The minimum Gasteiger partial charge on any atom is -0.490 e. The van der Waals surface area contributed by atoms with Gasteiger partial charge in [0.25, 0.3) is 0 Å². The first-order valence-electron chi connectivity index (χ1n) is 10.9. The molecule has 2 aromatic rings. The van der Waals surface area contributed by atoms with Crippen LogP contribution in [0.1, 0.15) is 48.6 Å². The van der Waals surface area contributed by atoms with E-state index in [0.29, 0.717) is 23.6 Å². The summed E-state index contributed by atoms with van der Waals surface area (Å²) in [6, 6.07) is 13.8. The molecule has 1 aliphatic carbocycles. The Balaban J connectivity index is 1.53. The lowest BCUT2D eigenvalue weighted by Crippen LogP contribution is -2.28. The van der Waals surface area contributed by atoms with E-state index in [9.17, 15) is 13.7 Å². The fraction of sp³-hybridized carbons (Fsp3) is 0.375. The zero-order chi connectivity index (χ0) is 23.6.